The average Bonchev–Trinajstić information content (AvgIpc) is 3.43. The predicted molar refractivity (Wildman–Crippen MR) is 115 cm³/mol. The van der Waals surface area contributed by atoms with Crippen molar-refractivity contribution in [3.05, 3.63) is 64.1 Å². The summed E-state index contributed by atoms with van der Waals surface area (Å²) < 4.78 is 15.3. The number of rotatable bonds is 7. The molecule has 158 valence electrons. The van der Waals surface area contributed by atoms with E-state index >= 15 is 0 Å². The molecule has 30 heavy (non-hydrogen) atoms. The van der Waals surface area contributed by atoms with Crippen LogP contribution >= 0.6 is 11.3 Å². The maximum Gasteiger partial charge on any atom is 0.254 e. The van der Waals surface area contributed by atoms with Gasteiger partial charge in [0.1, 0.15) is 11.5 Å². The smallest absolute Gasteiger partial charge is 0.254 e. The summed E-state index contributed by atoms with van der Waals surface area (Å²) in [5, 5.41) is 10.5. The number of para-hydroxylation sites is 1. The Kier molecular flexibility index (Phi) is 6.54. The Morgan fingerprint density at radius 1 is 1.30 bits per heavy atom. The largest absolute Gasteiger partial charge is 0.352 e. The highest BCUT2D eigenvalue weighted by Gasteiger charge is 2.21. The van der Waals surface area contributed by atoms with Crippen LogP contribution in [0.1, 0.15) is 40.8 Å². The van der Waals surface area contributed by atoms with Crippen molar-refractivity contribution in [2.24, 2.45) is 5.92 Å². The number of halogens is 1. The molecule has 1 saturated heterocycles. The maximum absolute atomic E-state index is 13.9. The number of piperidine rings is 1. The topological polar surface area (TPSA) is 63.1 Å². The van der Waals surface area contributed by atoms with Crippen LogP contribution in [0, 0.1) is 11.7 Å². The van der Waals surface area contributed by atoms with Crippen molar-refractivity contribution in [1.29, 1.82) is 0 Å². The Labute approximate surface area is 179 Å². The van der Waals surface area contributed by atoms with Gasteiger partial charge in [0.05, 0.1) is 22.5 Å². The molecule has 1 N–H and O–H groups in total. The Morgan fingerprint density at radius 3 is 2.83 bits per heavy atom. The van der Waals surface area contributed by atoms with Crippen molar-refractivity contribution in [3.8, 4) is 5.69 Å². The number of benzene rings is 1. The molecule has 0 atom stereocenters. The first-order chi connectivity index (χ1) is 14.6. The predicted octanol–water partition coefficient (Wildman–Crippen LogP) is 3.67. The molecule has 0 unspecified atom stereocenters. The fourth-order valence-corrected chi connectivity index (χ4v) is 4.45. The molecule has 0 spiro atoms. The summed E-state index contributed by atoms with van der Waals surface area (Å²) in [7, 11) is 0. The standard InChI is InChI=1S/C22H26FN5OS/c1-2-21-26-18(15-30-21)14-27-9-7-16(8-10-27)11-24-22(29)17-12-25-28(13-17)20-6-4-3-5-19(20)23/h3-6,12-13,15-16H,2,7-11,14H2,1H3,(H,24,29). The average molecular weight is 428 g/mol. The second-order valence-corrected chi connectivity index (χ2v) is 8.58. The summed E-state index contributed by atoms with van der Waals surface area (Å²) in [6.07, 6.45) is 6.14. The monoisotopic (exact) mass is 427 g/mol. The van der Waals surface area contributed by atoms with E-state index in [2.05, 4.69) is 32.6 Å². The molecule has 0 aliphatic carbocycles. The second kappa shape index (κ2) is 9.49. The molecule has 1 aliphatic heterocycles. The van der Waals surface area contributed by atoms with Gasteiger partial charge in [-0.1, -0.05) is 19.1 Å². The number of nitrogens with zero attached hydrogens (tertiary/aromatic N) is 4. The molecule has 0 saturated carbocycles. The molecule has 1 amide bonds. The molecule has 6 nitrogen and oxygen atoms in total. The van der Waals surface area contributed by atoms with E-state index in [1.54, 1.807) is 35.7 Å². The zero-order chi connectivity index (χ0) is 20.9. The third-order valence-corrected chi connectivity index (χ3v) is 6.53. The van der Waals surface area contributed by atoms with Crippen molar-refractivity contribution >= 4 is 17.2 Å². The molecule has 1 aromatic carbocycles. The summed E-state index contributed by atoms with van der Waals surface area (Å²) >= 11 is 1.74. The van der Waals surface area contributed by atoms with Gasteiger partial charge < -0.3 is 5.32 Å². The van der Waals surface area contributed by atoms with Crippen LogP contribution in [0.2, 0.25) is 0 Å². The molecule has 0 bridgehead atoms. The van der Waals surface area contributed by atoms with Crippen molar-refractivity contribution in [2.75, 3.05) is 19.6 Å². The minimum absolute atomic E-state index is 0.172. The molecule has 8 heteroatoms. The fraction of sp³-hybridized carbons (Fsp3) is 0.409. The van der Waals surface area contributed by atoms with Gasteiger partial charge >= 0.3 is 0 Å². The quantitative estimate of drug-likeness (QED) is 0.625. The van der Waals surface area contributed by atoms with Crippen LogP contribution in [0.15, 0.2) is 42.0 Å². The first-order valence-corrected chi connectivity index (χ1v) is 11.2. The van der Waals surface area contributed by atoms with Gasteiger partial charge in [0, 0.05) is 24.7 Å². The molecule has 4 rings (SSSR count). The molecule has 1 fully saturated rings. The van der Waals surface area contributed by atoms with Crippen LogP contribution < -0.4 is 5.32 Å². The second-order valence-electron chi connectivity index (χ2n) is 7.64. The van der Waals surface area contributed by atoms with Crippen LogP contribution in [0.5, 0.6) is 0 Å². The third-order valence-electron chi connectivity index (χ3n) is 5.49. The molecular weight excluding hydrogens is 401 g/mol. The van der Waals surface area contributed by atoms with E-state index in [0.717, 1.165) is 44.6 Å². The lowest BCUT2D eigenvalue weighted by molar-refractivity contribution is 0.0935. The summed E-state index contributed by atoms with van der Waals surface area (Å²) in [4.78, 5) is 19.6. The Bertz CT molecular complexity index is 993. The van der Waals surface area contributed by atoms with Crippen LogP contribution in [-0.2, 0) is 13.0 Å². The van der Waals surface area contributed by atoms with E-state index in [9.17, 15) is 9.18 Å². The van der Waals surface area contributed by atoms with Gasteiger partial charge in [-0.25, -0.2) is 14.1 Å². The van der Waals surface area contributed by atoms with Gasteiger partial charge in [-0.2, -0.15) is 5.10 Å². The SMILES string of the molecule is CCc1nc(CN2CCC(CNC(=O)c3cnn(-c4ccccc4F)c3)CC2)cs1. The van der Waals surface area contributed by atoms with E-state index in [1.807, 2.05) is 0 Å². The van der Waals surface area contributed by atoms with Gasteiger partial charge in [0.2, 0.25) is 0 Å². The number of carbonyl (C=O) groups excluding carboxylic acids is 1. The first-order valence-electron chi connectivity index (χ1n) is 10.4. The fourth-order valence-electron chi connectivity index (χ4n) is 3.71. The summed E-state index contributed by atoms with van der Waals surface area (Å²) in [6, 6.07) is 6.37. The number of thiazole rings is 1. The molecule has 3 heterocycles. The van der Waals surface area contributed by atoms with Crippen LogP contribution in [-0.4, -0.2) is 45.2 Å². The van der Waals surface area contributed by atoms with Gasteiger partial charge in [0.25, 0.3) is 5.91 Å². The van der Waals surface area contributed by atoms with E-state index < -0.39 is 0 Å². The van der Waals surface area contributed by atoms with E-state index in [1.165, 1.54) is 22.0 Å². The maximum atomic E-state index is 13.9. The zero-order valence-electron chi connectivity index (χ0n) is 17.1. The van der Waals surface area contributed by atoms with Crippen LogP contribution in [0.3, 0.4) is 0 Å². The minimum Gasteiger partial charge on any atom is -0.352 e. The lowest BCUT2D eigenvalue weighted by Gasteiger charge is -2.31. The highest BCUT2D eigenvalue weighted by molar-refractivity contribution is 7.09. The number of hydrogen-bond donors (Lipinski definition) is 1. The van der Waals surface area contributed by atoms with Crippen molar-refractivity contribution < 1.29 is 9.18 Å². The Morgan fingerprint density at radius 2 is 2.10 bits per heavy atom. The van der Waals surface area contributed by atoms with Gasteiger partial charge in [-0.15, -0.1) is 11.3 Å². The molecule has 1 aliphatic rings. The Hall–Kier alpha value is -2.58. The first kappa shape index (κ1) is 20.7. The molecule has 3 aromatic rings. The van der Waals surface area contributed by atoms with Crippen molar-refractivity contribution in [3.63, 3.8) is 0 Å². The highest BCUT2D eigenvalue weighted by Crippen LogP contribution is 2.20. The molecule has 0 radical (unpaired) electrons. The molecular formula is C22H26FN5OS. The van der Waals surface area contributed by atoms with Gasteiger partial charge in [-0.05, 0) is 50.4 Å². The lowest BCUT2D eigenvalue weighted by atomic mass is 9.96. The normalized spacial score (nSPS) is 15.4. The number of aromatic nitrogens is 3. The summed E-state index contributed by atoms with van der Waals surface area (Å²) in [5.41, 5.74) is 1.93. The number of amides is 1. The van der Waals surface area contributed by atoms with Crippen LogP contribution in [0.25, 0.3) is 5.69 Å². The van der Waals surface area contributed by atoms with Gasteiger partial charge in [0.15, 0.2) is 0 Å². The van der Waals surface area contributed by atoms with Gasteiger partial charge in [-0.3, -0.25) is 9.69 Å². The minimum atomic E-state index is -0.372. The van der Waals surface area contributed by atoms with Crippen LogP contribution in [0.4, 0.5) is 4.39 Å². The number of carbonyl (C=O) groups is 1. The highest BCUT2D eigenvalue weighted by atomic mass is 32.1. The summed E-state index contributed by atoms with van der Waals surface area (Å²) in [6.45, 7) is 5.72. The summed E-state index contributed by atoms with van der Waals surface area (Å²) in [5.74, 6) is -0.0778. The number of likely N-dealkylation sites (tertiary alicyclic amines) is 1. The lowest BCUT2D eigenvalue weighted by Crippen LogP contribution is -2.38. The van der Waals surface area contributed by atoms with Crippen molar-refractivity contribution in [1.82, 2.24) is 25.0 Å². The Balaban J connectivity index is 1.24. The van der Waals surface area contributed by atoms with E-state index in [0.29, 0.717) is 23.7 Å². The van der Waals surface area contributed by atoms with E-state index in [4.69, 9.17) is 0 Å². The van der Waals surface area contributed by atoms with Crippen molar-refractivity contribution in [2.45, 2.75) is 32.7 Å². The number of hydrogen-bond acceptors (Lipinski definition) is 5. The van der Waals surface area contributed by atoms with E-state index in [-0.39, 0.29) is 11.7 Å². The number of nitrogens with one attached hydrogen (secondary N) is 1. The molecule has 2 aromatic heterocycles. The number of aryl methyl sites for hydroxylation is 1. The zero-order valence-corrected chi connectivity index (χ0v) is 17.9. The third kappa shape index (κ3) is 4.94.